The Labute approximate surface area is 163 Å². The molecule has 2 heterocycles. The fraction of sp³-hybridized carbons (Fsp3) is 0.400. The zero-order valence-electron chi connectivity index (χ0n) is 16.0. The van der Waals surface area contributed by atoms with E-state index in [0.717, 1.165) is 37.9 Å². The van der Waals surface area contributed by atoms with Crippen LogP contribution in [-0.4, -0.2) is 52.0 Å². The molecular weight excluding hydrogens is 358 g/mol. The molecule has 0 atom stereocenters. The van der Waals surface area contributed by atoms with E-state index >= 15 is 0 Å². The maximum Gasteiger partial charge on any atom is 0.272 e. The Morgan fingerprint density at radius 1 is 1.07 bits per heavy atom. The van der Waals surface area contributed by atoms with Crippen molar-refractivity contribution < 1.29 is 14.4 Å². The van der Waals surface area contributed by atoms with E-state index < -0.39 is 5.91 Å². The zero-order valence-corrected chi connectivity index (χ0v) is 16.0. The van der Waals surface area contributed by atoms with Crippen molar-refractivity contribution in [1.29, 1.82) is 0 Å². The van der Waals surface area contributed by atoms with Crippen LogP contribution in [0.1, 0.15) is 35.3 Å². The summed E-state index contributed by atoms with van der Waals surface area (Å²) in [5.41, 5.74) is 1.06. The van der Waals surface area contributed by atoms with E-state index in [1.54, 1.807) is 11.9 Å². The molecule has 1 aromatic heterocycles. The third kappa shape index (κ3) is 5.18. The predicted octanol–water partition coefficient (Wildman–Crippen LogP) is 1.34. The minimum Gasteiger partial charge on any atom is -0.342 e. The van der Waals surface area contributed by atoms with Gasteiger partial charge in [0.1, 0.15) is 5.82 Å². The molecule has 3 amide bonds. The van der Waals surface area contributed by atoms with Crippen molar-refractivity contribution in [2.24, 2.45) is 7.05 Å². The van der Waals surface area contributed by atoms with Gasteiger partial charge in [0.05, 0.1) is 13.0 Å². The van der Waals surface area contributed by atoms with Crippen LogP contribution in [0.2, 0.25) is 0 Å². The van der Waals surface area contributed by atoms with Crippen molar-refractivity contribution in [3.63, 3.8) is 0 Å². The third-order valence-electron chi connectivity index (χ3n) is 4.70. The Morgan fingerprint density at radius 3 is 2.50 bits per heavy atom. The van der Waals surface area contributed by atoms with Crippen LogP contribution in [0.25, 0.3) is 0 Å². The molecule has 0 aliphatic carbocycles. The Morgan fingerprint density at radius 2 is 1.79 bits per heavy atom. The number of nitrogens with zero attached hydrogens (tertiary/aromatic N) is 3. The van der Waals surface area contributed by atoms with Gasteiger partial charge in [-0.25, -0.2) is 0 Å². The van der Waals surface area contributed by atoms with E-state index in [9.17, 15) is 14.4 Å². The third-order valence-corrected chi connectivity index (χ3v) is 4.70. The van der Waals surface area contributed by atoms with E-state index in [2.05, 4.69) is 15.7 Å². The molecule has 1 saturated heterocycles. The second-order valence-corrected chi connectivity index (χ2v) is 6.87. The first-order valence-electron chi connectivity index (χ1n) is 9.47. The Bertz CT molecular complexity index is 841. The second-order valence-electron chi connectivity index (χ2n) is 6.87. The Kier molecular flexibility index (Phi) is 6.41. The van der Waals surface area contributed by atoms with Gasteiger partial charge < -0.3 is 15.5 Å². The Hall–Kier alpha value is -3.16. The first-order valence-corrected chi connectivity index (χ1v) is 9.47. The highest BCUT2D eigenvalue weighted by Crippen LogP contribution is 2.11. The summed E-state index contributed by atoms with van der Waals surface area (Å²) in [6, 6.07) is 10.9. The fourth-order valence-corrected chi connectivity index (χ4v) is 3.17. The minimum atomic E-state index is -0.440. The van der Waals surface area contributed by atoms with Gasteiger partial charge in [0.25, 0.3) is 5.91 Å². The SMILES string of the molecule is Cn1nc(C(=O)NCC(=O)N2CCCCC2)cc1NC(=O)Cc1ccccc1. The summed E-state index contributed by atoms with van der Waals surface area (Å²) >= 11 is 0. The number of likely N-dealkylation sites (tertiary alicyclic amines) is 1. The molecule has 148 valence electrons. The molecule has 8 heteroatoms. The van der Waals surface area contributed by atoms with Crippen LogP contribution in [0, 0.1) is 0 Å². The number of benzene rings is 1. The highest BCUT2D eigenvalue weighted by molar-refractivity contribution is 5.97. The van der Waals surface area contributed by atoms with Crippen LogP contribution < -0.4 is 10.6 Å². The molecule has 1 aliphatic rings. The number of amides is 3. The van der Waals surface area contributed by atoms with Crippen LogP contribution in [0.4, 0.5) is 5.82 Å². The van der Waals surface area contributed by atoms with E-state index in [1.165, 1.54) is 10.7 Å². The number of carbonyl (C=O) groups excluding carboxylic acids is 3. The van der Waals surface area contributed by atoms with E-state index in [0.29, 0.717) is 5.82 Å². The van der Waals surface area contributed by atoms with Gasteiger partial charge in [-0.05, 0) is 24.8 Å². The van der Waals surface area contributed by atoms with Crippen LogP contribution in [0.3, 0.4) is 0 Å². The minimum absolute atomic E-state index is 0.0505. The number of hydrogen-bond donors (Lipinski definition) is 2. The summed E-state index contributed by atoms with van der Waals surface area (Å²) in [4.78, 5) is 38.4. The smallest absolute Gasteiger partial charge is 0.272 e. The van der Waals surface area contributed by atoms with Gasteiger partial charge in [-0.15, -0.1) is 0 Å². The van der Waals surface area contributed by atoms with Crippen molar-refractivity contribution in [3.8, 4) is 0 Å². The molecule has 28 heavy (non-hydrogen) atoms. The average molecular weight is 383 g/mol. The highest BCUT2D eigenvalue weighted by atomic mass is 16.2. The van der Waals surface area contributed by atoms with E-state index in [4.69, 9.17) is 0 Å². The van der Waals surface area contributed by atoms with Gasteiger partial charge in [0, 0.05) is 26.2 Å². The standard InChI is InChI=1S/C20H25N5O3/c1-24-17(22-18(26)12-15-8-4-2-5-9-15)13-16(23-24)20(28)21-14-19(27)25-10-6-3-7-11-25/h2,4-5,8-9,13H,3,6-7,10-12,14H2,1H3,(H,21,28)(H,22,26). The first-order chi connectivity index (χ1) is 13.5. The molecule has 0 radical (unpaired) electrons. The quantitative estimate of drug-likeness (QED) is 0.787. The molecule has 1 aromatic carbocycles. The monoisotopic (exact) mass is 383 g/mol. The maximum absolute atomic E-state index is 12.3. The van der Waals surface area contributed by atoms with Crippen molar-refractivity contribution in [3.05, 3.63) is 47.7 Å². The Balaban J connectivity index is 1.53. The number of aryl methyl sites for hydroxylation is 1. The number of rotatable bonds is 6. The molecular formula is C20H25N5O3. The average Bonchev–Trinajstić information content (AvgIpc) is 3.07. The molecule has 2 N–H and O–H groups in total. The number of nitrogens with one attached hydrogen (secondary N) is 2. The lowest BCUT2D eigenvalue weighted by atomic mass is 10.1. The van der Waals surface area contributed by atoms with Gasteiger partial charge in [-0.2, -0.15) is 5.10 Å². The number of anilines is 1. The predicted molar refractivity (Wildman–Crippen MR) is 105 cm³/mol. The van der Waals surface area contributed by atoms with Crippen molar-refractivity contribution >= 4 is 23.5 Å². The normalized spacial score (nSPS) is 13.8. The lowest BCUT2D eigenvalue weighted by molar-refractivity contribution is -0.131. The zero-order chi connectivity index (χ0) is 19.9. The molecule has 8 nitrogen and oxygen atoms in total. The summed E-state index contributed by atoms with van der Waals surface area (Å²) in [7, 11) is 1.65. The lowest BCUT2D eigenvalue weighted by Crippen LogP contribution is -2.42. The van der Waals surface area contributed by atoms with Crippen LogP contribution in [-0.2, 0) is 23.1 Å². The molecule has 2 aromatic rings. The molecule has 3 rings (SSSR count). The summed E-state index contributed by atoms with van der Waals surface area (Å²) in [6.45, 7) is 1.44. The van der Waals surface area contributed by atoms with Gasteiger partial charge in [0.2, 0.25) is 11.8 Å². The molecule has 0 saturated carbocycles. The summed E-state index contributed by atoms with van der Waals surface area (Å²) in [5, 5.41) is 9.49. The summed E-state index contributed by atoms with van der Waals surface area (Å²) < 4.78 is 1.43. The number of piperidine rings is 1. The van der Waals surface area contributed by atoms with Crippen LogP contribution in [0.15, 0.2) is 36.4 Å². The first kappa shape index (κ1) is 19.6. The van der Waals surface area contributed by atoms with E-state index in [1.807, 2.05) is 30.3 Å². The van der Waals surface area contributed by atoms with Crippen molar-refractivity contribution in [1.82, 2.24) is 20.0 Å². The van der Waals surface area contributed by atoms with Crippen molar-refractivity contribution in [2.45, 2.75) is 25.7 Å². The van der Waals surface area contributed by atoms with Gasteiger partial charge in [0.15, 0.2) is 5.69 Å². The topological polar surface area (TPSA) is 96.3 Å². The highest BCUT2D eigenvalue weighted by Gasteiger charge is 2.19. The lowest BCUT2D eigenvalue weighted by Gasteiger charge is -2.26. The fourth-order valence-electron chi connectivity index (χ4n) is 3.17. The summed E-state index contributed by atoms with van der Waals surface area (Å²) in [6.07, 6.45) is 3.39. The van der Waals surface area contributed by atoms with Crippen molar-refractivity contribution in [2.75, 3.05) is 25.0 Å². The molecule has 1 fully saturated rings. The van der Waals surface area contributed by atoms with Gasteiger partial charge >= 0.3 is 0 Å². The van der Waals surface area contributed by atoms with E-state index in [-0.39, 0.29) is 30.5 Å². The molecule has 1 aliphatic heterocycles. The number of carbonyl (C=O) groups is 3. The summed E-state index contributed by atoms with van der Waals surface area (Å²) in [5.74, 6) is -0.292. The van der Waals surface area contributed by atoms with Crippen LogP contribution in [0.5, 0.6) is 0 Å². The largest absolute Gasteiger partial charge is 0.342 e. The van der Waals surface area contributed by atoms with Crippen LogP contribution >= 0.6 is 0 Å². The maximum atomic E-state index is 12.3. The molecule has 0 unspecified atom stereocenters. The van der Waals surface area contributed by atoms with Gasteiger partial charge in [-0.1, -0.05) is 30.3 Å². The number of hydrogen-bond acceptors (Lipinski definition) is 4. The number of aromatic nitrogens is 2. The van der Waals surface area contributed by atoms with Gasteiger partial charge in [-0.3, -0.25) is 19.1 Å². The molecule has 0 spiro atoms. The molecule has 0 bridgehead atoms. The second kappa shape index (κ2) is 9.16.